The minimum Gasteiger partial charge on any atom is -0.487 e. The maximum atomic E-state index is 14.2. The maximum Gasteiger partial charge on any atom is 0.231 e. The van der Waals surface area contributed by atoms with Crippen LogP contribution in [0.5, 0.6) is 5.75 Å². The van der Waals surface area contributed by atoms with Crippen LogP contribution in [0.1, 0.15) is 74.3 Å². The van der Waals surface area contributed by atoms with Crippen molar-refractivity contribution in [3.05, 3.63) is 107 Å². The number of aromatic nitrogens is 4. The Kier molecular flexibility index (Phi) is 9.81. The van der Waals surface area contributed by atoms with Crippen LogP contribution in [0.15, 0.2) is 84.0 Å². The van der Waals surface area contributed by atoms with Crippen molar-refractivity contribution >= 4 is 33.4 Å². The fourth-order valence-electron chi connectivity index (χ4n) is 6.78. The molecule has 3 heterocycles. The smallest absolute Gasteiger partial charge is 0.231 e. The normalized spacial score (nSPS) is 17.5. The molecule has 11 heteroatoms. The molecule has 258 valence electrons. The Morgan fingerprint density at radius 2 is 1.88 bits per heavy atom. The van der Waals surface area contributed by atoms with Crippen LogP contribution in [0.3, 0.4) is 0 Å². The van der Waals surface area contributed by atoms with E-state index in [4.69, 9.17) is 4.74 Å². The highest BCUT2D eigenvalue weighted by Crippen LogP contribution is 2.57. The summed E-state index contributed by atoms with van der Waals surface area (Å²) in [4.78, 5) is 18.8. The lowest BCUT2D eigenvalue weighted by Gasteiger charge is -2.42. The average Bonchev–Trinajstić information content (AvgIpc) is 3.46. The van der Waals surface area contributed by atoms with Gasteiger partial charge >= 0.3 is 0 Å². The number of fused-ring (bicyclic) bond motifs is 2. The summed E-state index contributed by atoms with van der Waals surface area (Å²) in [6.07, 6.45) is 4.76. The van der Waals surface area contributed by atoms with E-state index in [0.29, 0.717) is 29.3 Å². The van der Waals surface area contributed by atoms with Crippen molar-refractivity contribution in [3.8, 4) is 5.75 Å². The van der Waals surface area contributed by atoms with Gasteiger partial charge in [0.25, 0.3) is 0 Å². The highest BCUT2D eigenvalue weighted by atomic mass is 32.3. The number of nitrogens with one attached hydrogen (secondary N) is 1. The maximum absolute atomic E-state index is 14.2. The lowest BCUT2D eigenvalue weighted by molar-refractivity contribution is -0.124. The first-order valence-electron chi connectivity index (χ1n) is 16.9. The van der Waals surface area contributed by atoms with Crippen LogP contribution in [-0.4, -0.2) is 51.9 Å². The lowest BCUT2D eigenvalue weighted by Crippen LogP contribution is -2.37. The van der Waals surface area contributed by atoms with E-state index in [9.17, 15) is 13.9 Å². The molecule has 1 amide bonds. The second kappa shape index (κ2) is 13.9. The summed E-state index contributed by atoms with van der Waals surface area (Å²) in [6.45, 7) is 13.6. The van der Waals surface area contributed by atoms with Crippen molar-refractivity contribution in [3.63, 3.8) is 0 Å². The number of pyridine rings is 1. The fraction of sp³-hybridized carbons (Fsp3) is 0.368. The minimum absolute atomic E-state index is 0.150. The fourth-order valence-corrected chi connectivity index (χ4v) is 8.40. The third-order valence-corrected chi connectivity index (χ3v) is 11.6. The SMILES string of the molecule is CCCn1nnc2c(C)c(C(c3ccc(C)c(CN4CC(CC)Oc5ccccc5S4(O)O)c3)C(C)(C)C(=O)Nc3cccnc3)ccc21. The van der Waals surface area contributed by atoms with Crippen molar-refractivity contribution in [2.75, 3.05) is 11.9 Å². The summed E-state index contributed by atoms with van der Waals surface area (Å²) < 4.78 is 33.4. The number of para-hydroxylation sites is 1. The first kappa shape index (κ1) is 34.6. The number of hydrogen-bond donors (Lipinski definition) is 3. The van der Waals surface area contributed by atoms with Gasteiger partial charge in [-0.05, 0) is 84.8 Å². The van der Waals surface area contributed by atoms with E-state index in [0.717, 1.165) is 51.8 Å². The highest BCUT2D eigenvalue weighted by Gasteiger charge is 2.41. The topological polar surface area (TPSA) is 126 Å². The van der Waals surface area contributed by atoms with Crippen LogP contribution >= 0.6 is 10.8 Å². The van der Waals surface area contributed by atoms with Crippen molar-refractivity contribution in [2.45, 2.75) is 84.4 Å². The first-order valence-corrected chi connectivity index (χ1v) is 18.4. The summed E-state index contributed by atoms with van der Waals surface area (Å²) in [7, 11) is -3.35. The zero-order valence-corrected chi connectivity index (χ0v) is 29.9. The second-order valence-electron chi connectivity index (χ2n) is 13.4. The molecule has 1 aliphatic heterocycles. The summed E-state index contributed by atoms with van der Waals surface area (Å²) in [5, 5.41) is 12.1. The van der Waals surface area contributed by atoms with Crippen molar-refractivity contribution < 1.29 is 18.6 Å². The van der Waals surface area contributed by atoms with Crippen molar-refractivity contribution in [1.29, 1.82) is 0 Å². The largest absolute Gasteiger partial charge is 0.487 e. The van der Waals surface area contributed by atoms with Crippen LogP contribution in [0.2, 0.25) is 0 Å². The molecule has 2 aromatic heterocycles. The van der Waals surface area contributed by atoms with Gasteiger partial charge in [0.1, 0.15) is 22.3 Å². The lowest BCUT2D eigenvalue weighted by atomic mass is 9.69. The van der Waals surface area contributed by atoms with Crippen molar-refractivity contribution in [1.82, 2.24) is 24.3 Å². The highest BCUT2D eigenvalue weighted by molar-refractivity contribution is 8.22. The summed E-state index contributed by atoms with van der Waals surface area (Å²) >= 11 is 0. The molecule has 0 fully saturated rings. The van der Waals surface area contributed by atoms with Gasteiger partial charge in [0.15, 0.2) is 0 Å². The predicted molar refractivity (Wildman–Crippen MR) is 195 cm³/mol. The van der Waals surface area contributed by atoms with Crippen LogP contribution in [0.4, 0.5) is 5.69 Å². The molecular weight excluding hydrogens is 637 g/mol. The Hall–Kier alpha value is -4.29. The summed E-state index contributed by atoms with van der Waals surface area (Å²) in [6, 6.07) is 21.2. The van der Waals surface area contributed by atoms with E-state index in [-0.39, 0.29) is 24.5 Å². The third kappa shape index (κ3) is 6.68. The molecule has 0 radical (unpaired) electrons. The molecule has 3 N–H and O–H groups in total. The van der Waals surface area contributed by atoms with Gasteiger partial charge in [-0.25, -0.2) is 4.68 Å². The molecule has 0 saturated heterocycles. The monoisotopic (exact) mass is 682 g/mol. The van der Waals surface area contributed by atoms with Gasteiger partial charge in [0, 0.05) is 25.2 Å². The molecule has 3 aromatic carbocycles. The molecule has 10 nitrogen and oxygen atoms in total. The van der Waals surface area contributed by atoms with E-state index in [1.165, 1.54) is 0 Å². The molecule has 2 atom stereocenters. The van der Waals surface area contributed by atoms with Crippen LogP contribution in [-0.2, 0) is 17.9 Å². The zero-order chi connectivity index (χ0) is 34.9. The van der Waals surface area contributed by atoms with E-state index in [1.807, 2.05) is 44.5 Å². The number of anilines is 1. The number of carbonyl (C=O) groups excluding carboxylic acids is 1. The molecule has 1 aliphatic rings. The number of hydrogen-bond acceptors (Lipinski definition) is 8. The number of ether oxygens (including phenoxy) is 1. The Morgan fingerprint density at radius 3 is 2.61 bits per heavy atom. The zero-order valence-electron chi connectivity index (χ0n) is 29.1. The second-order valence-corrected chi connectivity index (χ2v) is 15.4. The Bertz CT molecular complexity index is 1960. The standard InChI is InChI=1S/C38H46N6O4S/c1-7-20-44-32-18-17-31(26(4)36(32)41-42-44)35(38(5,6)37(45)40-29-12-11-19-39-22-29)27-16-15-25(3)28(21-27)23-43-24-30(8-2)48-33-13-9-10-14-34(33)49(43,46)47/h9-19,21-22,30,35,46-47H,7-8,20,23-24H2,1-6H3,(H,40,45). The number of rotatable bonds is 10. The van der Waals surface area contributed by atoms with E-state index < -0.39 is 16.2 Å². The van der Waals surface area contributed by atoms with E-state index >= 15 is 0 Å². The molecule has 49 heavy (non-hydrogen) atoms. The Morgan fingerprint density at radius 1 is 1.08 bits per heavy atom. The van der Waals surface area contributed by atoms with Crippen molar-refractivity contribution in [2.24, 2.45) is 5.41 Å². The molecule has 0 spiro atoms. The quantitative estimate of drug-likeness (QED) is 0.134. The number of carbonyl (C=O) groups is 1. The molecule has 2 unspecified atom stereocenters. The number of aryl methyl sites for hydroxylation is 3. The molecule has 6 rings (SSSR count). The van der Waals surface area contributed by atoms with E-state index in [2.05, 4.69) is 64.8 Å². The molecule has 0 aliphatic carbocycles. The Labute approximate surface area is 290 Å². The van der Waals surface area contributed by atoms with Gasteiger partial charge in [-0.15, -0.1) is 15.9 Å². The van der Waals surface area contributed by atoms with Gasteiger partial charge in [0.05, 0.1) is 29.4 Å². The Balaban J connectivity index is 1.45. The average molecular weight is 683 g/mol. The minimum atomic E-state index is -3.35. The number of nitrogens with zero attached hydrogens (tertiary/aromatic N) is 5. The number of benzene rings is 3. The molecule has 5 aromatic rings. The third-order valence-electron chi connectivity index (χ3n) is 9.67. The molecule has 0 bridgehead atoms. The van der Waals surface area contributed by atoms with E-state index in [1.54, 1.807) is 41.0 Å². The molecular formula is C38H46N6O4S. The first-order chi connectivity index (χ1) is 23.4. The van der Waals surface area contributed by atoms with Gasteiger partial charge in [-0.3, -0.25) is 18.9 Å². The van der Waals surface area contributed by atoms with Gasteiger partial charge in [-0.1, -0.05) is 69.3 Å². The summed E-state index contributed by atoms with van der Waals surface area (Å²) in [5.41, 5.74) is 6.29. The van der Waals surface area contributed by atoms with Gasteiger partial charge < -0.3 is 10.1 Å². The number of amides is 1. The van der Waals surface area contributed by atoms with Gasteiger partial charge in [0.2, 0.25) is 5.91 Å². The van der Waals surface area contributed by atoms with Gasteiger partial charge in [-0.2, -0.15) is 4.31 Å². The van der Waals surface area contributed by atoms with Crippen LogP contribution in [0.25, 0.3) is 11.0 Å². The predicted octanol–water partition coefficient (Wildman–Crippen LogP) is 8.35. The summed E-state index contributed by atoms with van der Waals surface area (Å²) in [5.74, 6) is -0.0327. The van der Waals surface area contributed by atoms with Crippen LogP contribution < -0.4 is 10.1 Å². The van der Waals surface area contributed by atoms with Crippen LogP contribution in [0, 0.1) is 19.3 Å². The molecule has 0 saturated carbocycles.